The topological polar surface area (TPSA) is 57.8 Å². The summed E-state index contributed by atoms with van der Waals surface area (Å²) < 4.78 is 0. The van der Waals surface area contributed by atoms with Gasteiger partial charge in [-0.15, -0.1) is 0 Å². The van der Waals surface area contributed by atoms with Crippen molar-refractivity contribution in [3.63, 3.8) is 0 Å². The van der Waals surface area contributed by atoms with Gasteiger partial charge in [-0.1, -0.05) is 26.0 Å². The van der Waals surface area contributed by atoms with Crippen molar-refractivity contribution in [1.82, 2.24) is 9.97 Å². The average molecular weight is 293 g/mol. The lowest BCUT2D eigenvalue weighted by Crippen LogP contribution is -2.19. The Hall–Kier alpha value is -2.62. The number of carbonyl (C=O) groups excluding carboxylic acids is 1. The first-order valence-electron chi connectivity index (χ1n) is 7.53. The van der Waals surface area contributed by atoms with Crippen LogP contribution in [0.4, 0.5) is 5.69 Å². The molecule has 0 bridgehead atoms. The summed E-state index contributed by atoms with van der Waals surface area (Å²) in [5.41, 5.74) is 3.78. The van der Waals surface area contributed by atoms with Crippen LogP contribution in [0.2, 0.25) is 0 Å². The van der Waals surface area contributed by atoms with E-state index in [0.29, 0.717) is 0 Å². The highest BCUT2D eigenvalue weighted by molar-refractivity contribution is 5.92. The quantitative estimate of drug-likeness (QED) is 0.757. The van der Waals surface area contributed by atoms with Crippen molar-refractivity contribution >= 4 is 22.6 Å². The maximum Gasteiger partial charge on any atom is 0.227 e. The third-order valence-electron chi connectivity index (χ3n) is 3.88. The van der Waals surface area contributed by atoms with Gasteiger partial charge in [0.25, 0.3) is 0 Å². The van der Waals surface area contributed by atoms with Crippen molar-refractivity contribution in [3.05, 3.63) is 48.5 Å². The van der Waals surface area contributed by atoms with Gasteiger partial charge in [0, 0.05) is 17.2 Å². The molecule has 1 atom stereocenters. The maximum atomic E-state index is 11.9. The molecule has 0 saturated carbocycles. The molecular formula is C18H19N3O. The van der Waals surface area contributed by atoms with Crippen LogP contribution < -0.4 is 5.32 Å². The molecule has 0 radical (unpaired) electrons. The zero-order valence-corrected chi connectivity index (χ0v) is 12.8. The summed E-state index contributed by atoms with van der Waals surface area (Å²) in [5, 5.41) is 2.93. The molecule has 0 aliphatic carbocycles. The molecule has 4 heteroatoms. The Morgan fingerprint density at radius 2 is 1.91 bits per heavy atom. The number of fused-ring (bicyclic) bond motifs is 1. The van der Waals surface area contributed by atoms with E-state index >= 15 is 0 Å². The third-order valence-corrected chi connectivity index (χ3v) is 3.88. The zero-order chi connectivity index (χ0) is 15.5. The van der Waals surface area contributed by atoms with Gasteiger partial charge >= 0.3 is 0 Å². The number of nitrogens with one attached hydrogen (secondary N) is 2. The Labute approximate surface area is 129 Å². The lowest BCUT2D eigenvalue weighted by molar-refractivity contribution is -0.119. The van der Waals surface area contributed by atoms with Gasteiger partial charge in [0.1, 0.15) is 5.82 Å². The molecule has 0 saturated heterocycles. The molecule has 3 aromatic rings. The molecule has 1 heterocycles. The first-order chi connectivity index (χ1) is 10.7. The van der Waals surface area contributed by atoms with Crippen LogP contribution >= 0.6 is 0 Å². The van der Waals surface area contributed by atoms with E-state index in [-0.39, 0.29) is 11.8 Å². The van der Waals surface area contributed by atoms with Crippen LogP contribution in [0.5, 0.6) is 0 Å². The molecule has 0 spiro atoms. The van der Waals surface area contributed by atoms with E-state index in [9.17, 15) is 4.79 Å². The first-order valence-corrected chi connectivity index (χ1v) is 7.53. The van der Waals surface area contributed by atoms with Gasteiger partial charge in [0.2, 0.25) is 5.91 Å². The van der Waals surface area contributed by atoms with Gasteiger partial charge < -0.3 is 10.3 Å². The van der Waals surface area contributed by atoms with Gasteiger partial charge in [-0.05, 0) is 42.8 Å². The summed E-state index contributed by atoms with van der Waals surface area (Å²) in [4.78, 5) is 19.8. The molecule has 1 aromatic heterocycles. The average Bonchev–Trinajstić information content (AvgIpc) is 2.98. The molecule has 0 aliphatic heterocycles. The molecule has 1 amide bonds. The minimum absolute atomic E-state index is 0.0232. The minimum atomic E-state index is 0.0232. The largest absolute Gasteiger partial charge is 0.338 e. The number of carbonyl (C=O) groups is 1. The lowest BCUT2D eigenvalue weighted by Gasteiger charge is -2.10. The van der Waals surface area contributed by atoms with E-state index in [1.165, 1.54) is 0 Å². The Bertz CT molecular complexity index is 756. The van der Waals surface area contributed by atoms with Gasteiger partial charge in [-0.3, -0.25) is 4.79 Å². The van der Waals surface area contributed by atoms with Crippen LogP contribution in [-0.4, -0.2) is 15.9 Å². The molecule has 4 nitrogen and oxygen atoms in total. The normalized spacial score (nSPS) is 12.3. The predicted octanol–water partition coefficient (Wildman–Crippen LogP) is 4.21. The Balaban J connectivity index is 1.80. The summed E-state index contributed by atoms with van der Waals surface area (Å²) in [5.74, 6) is 0.912. The Morgan fingerprint density at radius 1 is 1.18 bits per heavy atom. The Kier molecular flexibility index (Phi) is 3.92. The number of para-hydroxylation sites is 2. The predicted molar refractivity (Wildman–Crippen MR) is 89.6 cm³/mol. The molecule has 0 aliphatic rings. The van der Waals surface area contributed by atoms with Crippen molar-refractivity contribution in [2.24, 2.45) is 5.92 Å². The number of nitrogens with zero attached hydrogens (tertiary/aromatic N) is 1. The molecular weight excluding hydrogens is 274 g/mol. The number of anilines is 1. The Morgan fingerprint density at radius 3 is 2.59 bits per heavy atom. The molecule has 22 heavy (non-hydrogen) atoms. The van der Waals surface area contributed by atoms with Crippen LogP contribution in [0, 0.1) is 5.92 Å². The van der Waals surface area contributed by atoms with Gasteiger partial charge in [-0.25, -0.2) is 4.98 Å². The number of H-pyrrole nitrogens is 1. The zero-order valence-electron chi connectivity index (χ0n) is 12.8. The van der Waals surface area contributed by atoms with Crippen LogP contribution in [0.15, 0.2) is 48.5 Å². The fourth-order valence-corrected chi connectivity index (χ4v) is 2.25. The fourth-order valence-electron chi connectivity index (χ4n) is 2.25. The maximum absolute atomic E-state index is 11.9. The van der Waals surface area contributed by atoms with E-state index in [0.717, 1.165) is 34.5 Å². The monoisotopic (exact) mass is 293 g/mol. The highest BCUT2D eigenvalue weighted by Crippen LogP contribution is 2.22. The van der Waals surface area contributed by atoms with Crippen LogP contribution in [-0.2, 0) is 4.79 Å². The number of amides is 1. The van der Waals surface area contributed by atoms with Crippen LogP contribution in [0.1, 0.15) is 20.3 Å². The standard InChI is InChI=1S/C18H19N3O/c1-3-12(2)18(22)19-14-10-8-13(9-11-14)17-20-15-6-4-5-7-16(15)21-17/h4-12H,3H2,1-2H3,(H,19,22)(H,20,21)/t12-/m0/s1. The SMILES string of the molecule is CC[C@H](C)C(=O)Nc1ccc(-c2nc3ccccc3[nH]2)cc1. The summed E-state index contributed by atoms with van der Waals surface area (Å²) in [6.07, 6.45) is 0.836. The third kappa shape index (κ3) is 2.86. The minimum Gasteiger partial charge on any atom is -0.338 e. The van der Waals surface area contributed by atoms with E-state index in [1.807, 2.05) is 62.4 Å². The number of hydrogen-bond acceptors (Lipinski definition) is 2. The summed E-state index contributed by atoms with van der Waals surface area (Å²) in [6.45, 7) is 3.94. The van der Waals surface area contributed by atoms with E-state index < -0.39 is 0 Å². The second-order valence-corrected chi connectivity index (χ2v) is 5.48. The van der Waals surface area contributed by atoms with E-state index in [1.54, 1.807) is 0 Å². The molecule has 112 valence electrons. The first kappa shape index (κ1) is 14.3. The number of hydrogen-bond donors (Lipinski definition) is 2. The van der Waals surface area contributed by atoms with Crippen molar-refractivity contribution in [2.45, 2.75) is 20.3 Å². The van der Waals surface area contributed by atoms with Crippen LogP contribution in [0.3, 0.4) is 0 Å². The van der Waals surface area contributed by atoms with Gasteiger partial charge in [0.05, 0.1) is 11.0 Å². The van der Waals surface area contributed by atoms with Crippen molar-refractivity contribution in [2.75, 3.05) is 5.32 Å². The molecule has 3 rings (SSSR count). The van der Waals surface area contributed by atoms with Gasteiger partial charge in [-0.2, -0.15) is 0 Å². The van der Waals surface area contributed by atoms with E-state index in [4.69, 9.17) is 0 Å². The second kappa shape index (κ2) is 6.02. The van der Waals surface area contributed by atoms with Crippen molar-refractivity contribution < 1.29 is 4.79 Å². The van der Waals surface area contributed by atoms with Gasteiger partial charge in [0.15, 0.2) is 0 Å². The molecule has 2 aromatic carbocycles. The highest BCUT2D eigenvalue weighted by atomic mass is 16.1. The number of aromatic nitrogens is 2. The second-order valence-electron chi connectivity index (χ2n) is 5.48. The number of benzene rings is 2. The number of rotatable bonds is 4. The van der Waals surface area contributed by atoms with E-state index in [2.05, 4.69) is 15.3 Å². The smallest absolute Gasteiger partial charge is 0.227 e. The number of aromatic amines is 1. The fraction of sp³-hybridized carbons (Fsp3) is 0.222. The van der Waals surface area contributed by atoms with Crippen molar-refractivity contribution in [1.29, 1.82) is 0 Å². The van der Waals surface area contributed by atoms with Crippen molar-refractivity contribution in [3.8, 4) is 11.4 Å². The van der Waals surface area contributed by atoms with Crippen LogP contribution in [0.25, 0.3) is 22.4 Å². The molecule has 0 unspecified atom stereocenters. The number of imidazole rings is 1. The summed E-state index contributed by atoms with van der Waals surface area (Å²) in [7, 11) is 0. The highest BCUT2D eigenvalue weighted by Gasteiger charge is 2.10. The molecule has 2 N–H and O–H groups in total. The summed E-state index contributed by atoms with van der Waals surface area (Å²) in [6, 6.07) is 15.7. The summed E-state index contributed by atoms with van der Waals surface area (Å²) >= 11 is 0. The molecule has 0 fully saturated rings. The lowest BCUT2D eigenvalue weighted by atomic mass is 10.1.